The Bertz CT molecular complexity index is 986. The second-order valence-corrected chi connectivity index (χ2v) is 9.74. The number of rotatable bonds is 2. The molecule has 0 radical (unpaired) electrons. The highest BCUT2D eigenvalue weighted by atomic mass is 32.2. The van der Waals surface area contributed by atoms with Crippen LogP contribution in [0.4, 0.5) is 0 Å². The molecule has 4 rings (SSSR count). The summed E-state index contributed by atoms with van der Waals surface area (Å²) < 4.78 is 24.3. The summed E-state index contributed by atoms with van der Waals surface area (Å²) in [5.41, 5.74) is 3.88. The molecule has 2 saturated heterocycles. The Labute approximate surface area is 160 Å². The van der Waals surface area contributed by atoms with Crippen molar-refractivity contribution in [1.82, 2.24) is 9.80 Å². The molecule has 2 heterocycles. The van der Waals surface area contributed by atoms with Gasteiger partial charge in [0.05, 0.1) is 17.5 Å². The third kappa shape index (κ3) is 3.39. The Morgan fingerprint density at radius 1 is 1.00 bits per heavy atom. The van der Waals surface area contributed by atoms with Gasteiger partial charge in [0.1, 0.15) is 0 Å². The Balaban J connectivity index is 1.65. The van der Waals surface area contributed by atoms with Crippen LogP contribution in [0.5, 0.6) is 0 Å². The van der Waals surface area contributed by atoms with E-state index in [1.807, 2.05) is 49.5 Å². The second kappa shape index (κ2) is 6.77. The van der Waals surface area contributed by atoms with E-state index in [2.05, 4.69) is 17.9 Å². The number of hydrogen-bond acceptors (Lipinski definition) is 4. The number of hydrogen-bond donors (Lipinski definition) is 0. The third-order valence-corrected chi connectivity index (χ3v) is 7.48. The SMILES string of the molecule is Cc1ccccc1-c1cccc(C(=O)N2CCN(C)[C@H]3CS(=O)(=O)C[C@H]32)c1. The Hall–Kier alpha value is -2.18. The first-order valence-corrected chi connectivity index (χ1v) is 11.1. The first-order chi connectivity index (χ1) is 12.9. The van der Waals surface area contributed by atoms with Gasteiger partial charge in [-0.05, 0) is 42.8 Å². The minimum Gasteiger partial charge on any atom is -0.332 e. The predicted octanol–water partition coefficient (Wildman–Crippen LogP) is 2.22. The van der Waals surface area contributed by atoms with Crippen LogP contribution in [-0.2, 0) is 9.84 Å². The van der Waals surface area contributed by atoms with Crippen molar-refractivity contribution in [3.05, 3.63) is 59.7 Å². The number of carbonyl (C=O) groups is 1. The zero-order valence-electron chi connectivity index (χ0n) is 15.6. The van der Waals surface area contributed by atoms with Crippen LogP contribution in [-0.4, -0.2) is 67.9 Å². The molecular formula is C21H24N2O3S. The van der Waals surface area contributed by atoms with Gasteiger partial charge in [0.2, 0.25) is 0 Å². The van der Waals surface area contributed by atoms with Gasteiger partial charge in [-0.15, -0.1) is 0 Å². The fourth-order valence-corrected chi connectivity index (χ4v) is 6.32. The lowest BCUT2D eigenvalue weighted by atomic mass is 9.98. The number of benzene rings is 2. The van der Waals surface area contributed by atoms with Gasteiger partial charge in [-0.1, -0.05) is 36.4 Å². The van der Waals surface area contributed by atoms with Crippen molar-refractivity contribution in [1.29, 1.82) is 0 Å². The lowest BCUT2D eigenvalue weighted by Gasteiger charge is -2.42. The molecule has 0 N–H and O–H groups in total. The molecule has 1 amide bonds. The molecule has 142 valence electrons. The Kier molecular flexibility index (Phi) is 4.56. The second-order valence-electron chi connectivity index (χ2n) is 7.59. The largest absolute Gasteiger partial charge is 0.332 e. The van der Waals surface area contributed by atoms with E-state index in [4.69, 9.17) is 0 Å². The van der Waals surface area contributed by atoms with Crippen molar-refractivity contribution < 1.29 is 13.2 Å². The predicted molar refractivity (Wildman–Crippen MR) is 107 cm³/mol. The highest BCUT2D eigenvalue weighted by Crippen LogP contribution is 2.29. The standard InChI is InChI=1S/C21H24N2O3S/c1-15-6-3-4-9-18(15)16-7-5-8-17(12-16)21(24)23-11-10-22(2)19-13-27(25,26)14-20(19)23/h3-9,12,19-20H,10-11,13-14H2,1-2H3/t19-,20+/m0/s1. The van der Waals surface area contributed by atoms with Gasteiger partial charge in [0.15, 0.2) is 9.84 Å². The van der Waals surface area contributed by atoms with E-state index < -0.39 is 9.84 Å². The van der Waals surface area contributed by atoms with E-state index in [1.165, 1.54) is 0 Å². The van der Waals surface area contributed by atoms with Gasteiger partial charge in [0.25, 0.3) is 5.91 Å². The molecular weight excluding hydrogens is 360 g/mol. The maximum atomic E-state index is 13.2. The number of likely N-dealkylation sites (N-methyl/N-ethyl adjacent to an activating group) is 1. The van der Waals surface area contributed by atoms with Crippen molar-refractivity contribution >= 4 is 15.7 Å². The number of sulfone groups is 1. The lowest BCUT2D eigenvalue weighted by Crippen LogP contribution is -2.59. The monoisotopic (exact) mass is 384 g/mol. The van der Waals surface area contributed by atoms with Crippen LogP contribution in [0.1, 0.15) is 15.9 Å². The maximum absolute atomic E-state index is 13.2. The van der Waals surface area contributed by atoms with Gasteiger partial charge in [-0.25, -0.2) is 8.42 Å². The third-order valence-electron chi connectivity index (χ3n) is 5.78. The van der Waals surface area contributed by atoms with E-state index in [0.717, 1.165) is 16.7 Å². The van der Waals surface area contributed by atoms with Crippen molar-refractivity contribution in [2.75, 3.05) is 31.6 Å². The number of fused-ring (bicyclic) bond motifs is 1. The quantitative estimate of drug-likeness (QED) is 0.797. The summed E-state index contributed by atoms with van der Waals surface area (Å²) in [4.78, 5) is 17.1. The normalized spacial score (nSPS) is 24.6. The minimum absolute atomic E-state index is 0.0607. The van der Waals surface area contributed by atoms with Gasteiger partial charge in [0, 0.05) is 24.7 Å². The van der Waals surface area contributed by atoms with Crippen LogP contribution in [0.25, 0.3) is 11.1 Å². The van der Waals surface area contributed by atoms with Crippen molar-refractivity contribution in [2.24, 2.45) is 0 Å². The van der Waals surface area contributed by atoms with Gasteiger partial charge < -0.3 is 4.90 Å². The molecule has 5 nitrogen and oxygen atoms in total. The summed E-state index contributed by atoms with van der Waals surface area (Å²) in [7, 11) is -1.16. The fourth-order valence-electron chi connectivity index (χ4n) is 4.26. The van der Waals surface area contributed by atoms with Crippen LogP contribution < -0.4 is 0 Å². The van der Waals surface area contributed by atoms with E-state index in [9.17, 15) is 13.2 Å². The van der Waals surface area contributed by atoms with Crippen LogP contribution >= 0.6 is 0 Å². The number of amides is 1. The summed E-state index contributed by atoms with van der Waals surface area (Å²) in [6, 6.07) is 15.4. The van der Waals surface area contributed by atoms with E-state index in [1.54, 1.807) is 4.90 Å². The first kappa shape index (κ1) is 18.2. The van der Waals surface area contributed by atoms with Crippen LogP contribution in [0.15, 0.2) is 48.5 Å². The van der Waals surface area contributed by atoms with E-state index in [-0.39, 0.29) is 29.5 Å². The number of piperazine rings is 1. The molecule has 2 atom stereocenters. The summed E-state index contributed by atoms with van der Waals surface area (Å²) in [6.07, 6.45) is 0. The van der Waals surface area contributed by atoms with Gasteiger partial charge >= 0.3 is 0 Å². The molecule has 2 fully saturated rings. The molecule has 2 aliphatic rings. The molecule has 2 aliphatic heterocycles. The molecule has 27 heavy (non-hydrogen) atoms. The number of nitrogens with zero attached hydrogens (tertiary/aromatic N) is 2. The van der Waals surface area contributed by atoms with Crippen molar-refractivity contribution in [3.63, 3.8) is 0 Å². The van der Waals surface area contributed by atoms with E-state index in [0.29, 0.717) is 18.7 Å². The fraction of sp³-hybridized carbons (Fsp3) is 0.381. The summed E-state index contributed by atoms with van der Waals surface area (Å²) >= 11 is 0. The maximum Gasteiger partial charge on any atom is 0.254 e. The van der Waals surface area contributed by atoms with E-state index >= 15 is 0 Å². The van der Waals surface area contributed by atoms with Crippen molar-refractivity contribution in [2.45, 2.75) is 19.0 Å². The summed E-state index contributed by atoms with van der Waals surface area (Å²) in [6.45, 7) is 3.30. The molecule has 0 spiro atoms. The highest BCUT2D eigenvalue weighted by molar-refractivity contribution is 7.91. The van der Waals surface area contributed by atoms with Crippen LogP contribution in [0, 0.1) is 6.92 Å². The summed E-state index contributed by atoms with van der Waals surface area (Å²) in [5, 5.41) is 0. The lowest BCUT2D eigenvalue weighted by molar-refractivity contribution is 0.0410. The molecule has 2 aromatic carbocycles. The first-order valence-electron chi connectivity index (χ1n) is 9.23. The molecule has 0 aliphatic carbocycles. The molecule has 0 unspecified atom stereocenters. The number of aryl methyl sites for hydroxylation is 1. The van der Waals surface area contributed by atoms with Crippen LogP contribution in [0.3, 0.4) is 0 Å². The van der Waals surface area contributed by atoms with Gasteiger partial charge in [-0.2, -0.15) is 0 Å². The molecule has 0 aromatic heterocycles. The van der Waals surface area contributed by atoms with Crippen molar-refractivity contribution in [3.8, 4) is 11.1 Å². The zero-order chi connectivity index (χ0) is 19.2. The highest BCUT2D eigenvalue weighted by Gasteiger charge is 2.47. The topological polar surface area (TPSA) is 57.7 Å². The smallest absolute Gasteiger partial charge is 0.254 e. The van der Waals surface area contributed by atoms with Gasteiger partial charge in [-0.3, -0.25) is 9.69 Å². The molecule has 2 aromatic rings. The Morgan fingerprint density at radius 2 is 1.74 bits per heavy atom. The minimum atomic E-state index is -3.10. The number of carbonyl (C=O) groups excluding carboxylic acids is 1. The average molecular weight is 385 g/mol. The molecule has 0 saturated carbocycles. The van der Waals surface area contributed by atoms with Crippen LogP contribution in [0.2, 0.25) is 0 Å². The average Bonchev–Trinajstić information content (AvgIpc) is 2.98. The Morgan fingerprint density at radius 3 is 2.52 bits per heavy atom. The summed E-state index contributed by atoms with van der Waals surface area (Å²) in [5.74, 6) is 0.123. The molecule has 0 bridgehead atoms. The zero-order valence-corrected chi connectivity index (χ0v) is 16.4. The molecule has 6 heteroatoms.